The fourth-order valence-electron chi connectivity index (χ4n) is 1.90. The number of rotatable bonds is 4. The van der Waals surface area contributed by atoms with E-state index in [2.05, 4.69) is 15.9 Å². The zero-order chi connectivity index (χ0) is 14.7. The molecular formula is C15H12BrClF2O. The molecule has 0 aliphatic heterocycles. The average Bonchev–Trinajstić information content (AvgIpc) is 2.43. The Balaban J connectivity index is 2.24. The van der Waals surface area contributed by atoms with Gasteiger partial charge in [0.2, 0.25) is 0 Å². The third kappa shape index (κ3) is 3.30. The third-order valence-corrected chi connectivity index (χ3v) is 4.05. The van der Waals surface area contributed by atoms with Crippen molar-refractivity contribution in [3.8, 4) is 5.75 Å². The maximum Gasteiger partial charge on any atom is 0.162 e. The largest absolute Gasteiger partial charge is 0.497 e. The molecule has 5 heteroatoms. The van der Waals surface area contributed by atoms with Gasteiger partial charge in [0.25, 0.3) is 0 Å². The van der Waals surface area contributed by atoms with E-state index < -0.39 is 17.0 Å². The van der Waals surface area contributed by atoms with Crippen LogP contribution in [-0.2, 0) is 6.42 Å². The van der Waals surface area contributed by atoms with E-state index in [1.165, 1.54) is 12.1 Å². The van der Waals surface area contributed by atoms with E-state index >= 15 is 0 Å². The second-order valence-corrected chi connectivity index (χ2v) is 5.65. The summed E-state index contributed by atoms with van der Waals surface area (Å²) >= 11 is 9.71. The third-order valence-electron chi connectivity index (χ3n) is 2.98. The highest BCUT2D eigenvalue weighted by atomic mass is 79.9. The lowest BCUT2D eigenvalue weighted by Crippen LogP contribution is -2.01. The molecule has 1 atom stereocenters. The lowest BCUT2D eigenvalue weighted by atomic mass is 10.0. The molecule has 0 N–H and O–H groups in total. The highest BCUT2D eigenvalue weighted by molar-refractivity contribution is 9.10. The summed E-state index contributed by atoms with van der Waals surface area (Å²) in [6, 6.07) is 9.46. The highest BCUT2D eigenvalue weighted by Crippen LogP contribution is 2.34. The second-order valence-electron chi connectivity index (χ2n) is 4.27. The van der Waals surface area contributed by atoms with Gasteiger partial charge in [0, 0.05) is 4.47 Å². The first-order valence-electron chi connectivity index (χ1n) is 5.93. The van der Waals surface area contributed by atoms with Gasteiger partial charge in [-0.1, -0.05) is 34.1 Å². The van der Waals surface area contributed by atoms with Gasteiger partial charge in [0.1, 0.15) is 5.75 Å². The molecule has 0 aromatic heterocycles. The first-order chi connectivity index (χ1) is 9.52. The molecule has 1 unspecified atom stereocenters. The van der Waals surface area contributed by atoms with Gasteiger partial charge in [0.15, 0.2) is 11.6 Å². The Hall–Kier alpha value is -1.13. The van der Waals surface area contributed by atoms with Gasteiger partial charge in [0.05, 0.1) is 12.5 Å². The smallest absolute Gasteiger partial charge is 0.162 e. The maximum atomic E-state index is 13.6. The summed E-state index contributed by atoms with van der Waals surface area (Å²) in [6.45, 7) is 0. The molecule has 106 valence electrons. The minimum atomic E-state index is -0.861. The average molecular weight is 362 g/mol. The van der Waals surface area contributed by atoms with Crippen molar-refractivity contribution in [3.63, 3.8) is 0 Å². The van der Waals surface area contributed by atoms with Gasteiger partial charge in [-0.25, -0.2) is 8.78 Å². The van der Waals surface area contributed by atoms with Crippen molar-refractivity contribution in [2.75, 3.05) is 7.11 Å². The predicted octanol–water partition coefficient (Wildman–Crippen LogP) is 5.26. The summed E-state index contributed by atoms with van der Waals surface area (Å²) in [5.74, 6) is -1.01. The molecule has 2 rings (SSSR count). The summed E-state index contributed by atoms with van der Waals surface area (Å²) in [4.78, 5) is 0. The van der Waals surface area contributed by atoms with Crippen LogP contribution >= 0.6 is 27.5 Å². The zero-order valence-electron chi connectivity index (χ0n) is 10.7. The van der Waals surface area contributed by atoms with Crippen LogP contribution in [0.5, 0.6) is 5.75 Å². The number of methoxy groups -OCH3 is 1. The normalized spacial score (nSPS) is 12.2. The lowest BCUT2D eigenvalue weighted by Gasteiger charge is -2.13. The number of hydrogen-bond donors (Lipinski definition) is 0. The fraction of sp³-hybridized carbons (Fsp3) is 0.200. The molecule has 2 aromatic carbocycles. The molecule has 2 aromatic rings. The highest BCUT2D eigenvalue weighted by Gasteiger charge is 2.16. The molecular weight excluding hydrogens is 350 g/mol. The molecule has 0 aliphatic rings. The van der Waals surface area contributed by atoms with E-state index in [-0.39, 0.29) is 12.0 Å². The first kappa shape index (κ1) is 15.3. The Labute approximate surface area is 129 Å². The first-order valence-corrected chi connectivity index (χ1v) is 7.16. The van der Waals surface area contributed by atoms with Crippen molar-refractivity contribution in [2.24, 2.45) is 0 Å². The monoisotopic (exact) mass is 360 g/mol. The Kier molecular flexibility index (Phi) is 5.00. The van der Waals surface area contributed by atoms with Gasteiger partial charge in [-0.05, 0) is 35.7 Å². The fourth-order valence-corrected chi connectivity index (χ4v) is 3.02. The summed E-state index contributed by atoms with van der Waals surface area (Å²) in [6.07, 6.45) is 0.204. The van der Waals surface area contributed by atoms with Crippen LogP contribution in [0, 0.1) is 11.6 Å². The van der Waals surface area contributed by atoms with E-state index in [1.54, 1.807) is 25.3 Å². The van der Waals surface area contributed by atoms with Crippen LogP contribution in [0.3, 0.4) is 0 Å². The van der Waals surface area contributed by atoms with Crippen molar-refractivity contribution in [3.05, 3.63) is 63.6 Å². The van der Waals surface area contributed by atoms with Crippen molar-refractivity contribution in [2.45, 2.75) is 11.8 Å². The van der Waals surface area contributed by atoms with Crippen molar-refractivity contribution < 1.29 is 13.5 Å². The quantitative estimate of drug-likeness (QED) is 0.675. The van der Waals surface area contributed by atoms with Crippen LogP contribution in [0.4, 0.5) is 8.78 Å². The van der Waals surface area contributed by atoms with Gasteiger partial charge in [-0.15, -0.1) is 11.6 Å². The van der Waals surface area contributed by atoms with Crippen LogP contribution in [0.2, 0.25) is 0 Å². The number of benzene rings is 2. The Morgan fingerprint density at radius 3 is 2.65 bits per heavy atom. The zero-order valence-corrected chi connectivity index (χ0v) is 13.0. The molecule has 0 aliphatic carbocycles. The lowest BCUT2D eigenvalue weighted by molar-refractivity contribution is 0.414. The van der Waals surface area contributed by atoms with Crippen molar-refractivity contribution >= 4 is 27.5 Å². The molecule has 0 bridgehead atoms. The molecule has 1 nitrogen and oxygen atoms in total. The van der Waals surface area contributed by atoms with E-state index in [0.717, 1.165) is 16.1 Å². The molecule has 0 saturated carbocycles. The Bertz CT molecular complexity index is 619. The van der Waals surface area contributed by atoms with Gasteiger partial charge < -0.3 is 4.74 Å². The van der Waals surface area contributed by atoms with Gasteiger partial charge in [-0.3, -0.25) is 0 Å². The van der Waals surface area contributed by atoms with E-state index in [1.807, 2.05) is 0 Å². The van der Waals surface area contributed by atoms with Crippen LogP contribution in [-0.4, -0.2) is 7.11 Å². The molecule has 20 heavy (non-hydrogen) atoms. The molecule has 0 fully saturated rings. The summed E-state index contributed by atoms with van der Waals surface area (Å²) < 4.78 is 32.7. The van der Waals surface area contributed by atoms with Crippen LogP contribution in [0.15, 0.2) is 40.9 Å². The topological polar surface area (TPSA) is 9.23 Å². The van der Waals surface area contributed by atoms with Gasteiger partial charge in [-0.2, -0.15) is 0 Å². The number of hydrogen-bond acceptors (Lipinski definition) is 1. The minimum Gasteiger partial charge on any atom is -0.497 e. The summed E-state index contributed by atoms with van der Waals surface area (Å²) in [7, 11) is 1.57. The van der Waals surface area contributed by atoms with Crippen molar-refractivity contribution in [1.82, 2.24) is 0 Å². The van der Waals surface area contributed by atoms with E-state index in [9.17, 15) is 8.78 Å². The van der Waals surface area contributed by atoms with E-state index in [4.69, 9.17) is 16.3 Å². The minimum absolute atomic E-state index is 0.204. The molecule has 0 radical (unpaired) electrons. The maximum absolute atomic E-state index is 13.6. The summed E-state index contributed by atoms with van der Waals surface area (Å²) in [5.41, 5.74) is 1.06. The number of halogens is 4. The number of ether oxygens (including phenoxy) is 1. The number of alkyl halides is 1. The Morgan fingerprint density at radius 2 is 2.00 bits per heavy atom. The van der Waals surface area contributed by atoms with Crippen LogP contribution < -0.4 is 4.74 Å². The standard InChI is InChI=1S/C15H12BrClF2O/c1-20-10-5-6-11(12(16)8-10)13(17)7-9-3-2-4-14(18)15(9)19/h2-6,8,13H,7H2,1H3. The molecule has 0 heterocycles. The van der Waals surface area contributed by atoms with Crippen LogP contribution in [0.1, 0.15) is 16.5 Å². The SMILES string of the molecule is COc1ccc(C(Cl)Cc2cccc(F)c2F)c(Br)c1. The summed E-state index contributed by atoms with van der Waals surface area (Å²) in [5, 5.41) is -0.466. The molecule has 0 spiro atoms. The van der Waals surface area contributed by atoms with E-state index in [0.29, 0.717) is 5.75 Å². The van der Waals surface area contributed by atoms with Crippen LogP contribution in [0.25, 0.3) is 0 Å². The molecule has 0 saturated heterocycles. The Morgan fingerprint density at radius 1 is 1.25 bits per heavy atom. The second kappa shape index (κ2) is 6.55. The predicted molar refractivity (Wildman–Crippen MR) is 79.4 cm³/mol. The molecule has 0 amide bonds. The van der Waals surface area contributed by atoms with Crippen molar-refractivity contribution in [1.29, 1.82) is 0 Å². The van der Waals surface area contributed by atoms with Gasteiger partial charge >= 0.3 is 0 Å².